The SMILES string of the molecule is Cc1ccnn1CCC(=O)NCc1cc2n(n1)CCN(S(C)(=O)=O)C2. The Kier molecular flexibility index (Phi) is 4.91. The van der Waals surface area contributed by atoms with E-state index in [4.69, 9.17) is 0 Å². The van der Waals surface area contributed by atoms with Crippen LogP contribution in [0.5, 0.6) is 0 Å². The summed E-state index contributed by atoms with van der Waals surface area (Å²) in [5, 5.41) is 11.4. The van der Waals surface area contributed by atoms with Gasteiger partial charge in [-0.25, -0.2) is 8.42 Å². The first-order valence-electron chi connectivity index (χ1n) is 8.09. The van der Waals surface area contributed by atoms with Gasteiger partial charge in [0.2, 0.25) is 15.9 Å². The van der Waals surface area contributed by atoms with Crippen molar-refractivity contribution >= 4 is 15.9 Å². The second-order valence-electron chi connectivity index (χ2n) is 6.17. The molecule has 0 unspecified atom stereocenters. The van der Waals surface area contributed by atoms with Crippen LogP contribution in [0.4, 0.5) is 0 Å². The van der Waals surface area contributed by atoms with Crippen LogP contribution in [0.15, 0.2) is 18.3 Å². The zero-order chi connectivity index (χ0) is 18.0. The summed E-state index contributed by atoms with van der Waals surface area (Å²) >= 11 is 0. The molecule has 3 heterocycles. The molecular weight excluding hydrogens is 344 g/mol. The van der Waals surface area contributed by atoms with Gasteiger partial charge < -0.3 is 5.32 Å². The lowest BCUT2D eigenvalue weighted by molar-refractivity contribution is -0.121. The van der Waals surface area contributed by atoms with Crippen molar-refractivity contribution in [3.63, 3.8) is 0 Å². The molecule has 0 atom stereocenters. The Morgan fingerprint density at radius 2 is 2.16 bits per heavy atom. The van der Waals surface area contributed by atoms with Crippen LogP contribution < -0.4 is 5.32 Å². The molecular formula is C15H22N6O3S. The normalized spacial score (nSPS) is 15.1. The van der Waals surface area contributed by atoms with Gasteiger partial charge in [0.25, 0.3) is 0 Å². The highest BCUT2D eigenvalue weighted by atomic mass is 32.2. The number of hydrogen-bond acceptors (Lipinski definition) is 5. The third-order valence-electron chi connectivity index (χ3n) is 4.23. The van der Waals surface area contributed by atoms with Crippen LogP contribution in [0, 0.1) is 6.92 Å². The minimum atomic E-state index is -3.20. The quantitative estimate of drug-likeness (QED) is 0.767. The monoisotopic (exact) mass is 366 g/mol. The Balaban J connectivity index is 1.52. The van der Waals surface area contributed by atoms with Crippen LogP contribution in [-0.4, -0.2) is 51.0 Å². The third kappa shape index (κ3) is 4.26. The average molecular weight is 366 g/mol. The molecule has 0 aromatic carbocycles. The van der Waals surface area contributed by atoms with E-state index in [0.717, 1.165) is 17.1 Å². The first-order valence-corrected chi connectivity index (χ1v) is 9.93. The van der Waals surface area contributed by atoms with E-state index in [2.05, 4.69) is 15.5 Å². The predicted octanol–water partition coefficient (Wildman–Crippen LogP) is -0.130. The van der Waals surface area contributed by atoms with Crippen LogP contribution >= 0.6 is 0 Å². The summed E-state index contributed by atoms with van der Waals surface area (Å²) < 4.78 is 28.3. The molecule has 0 spiro atoms. The summed E-state index contributed by atoms with van der Waals surface area (Å²) in [6.45, 7) is 4.07. The van der Waals surface area contributed by atoms with Crippen LogP contribution in [-0.2, 0) is 41.0 Å². The Morgan fingerprint density at radius 3 is 2.84 bits per heavy atom. The maximum atomic E-state index is 12.0. The van der Waals surface area contributed by atoms with E-state index in [0.29, 0.717) is 39.1 Å². The van der Waals surface area contributed by atoms with Crippen molar-refractivity contribution in [2.75, 3.05) is 12.8 Å². The van der Waals surface area contributed by atoms with Gasteiger partial charge in [0.05, 0.1) is 37.3 Å². The maximum absolute atomic E-state index is 12.0. The average Bonchev–Trinajstić information content (AvgIpc) is 3.14. The number of rotatable bonds is 6. The molecule has 0 saturated heterocycles. The van der Waals surface area contributed by atoms with E-state index in [1.807, 2.05) is 19.1 Å². The van der Waals surface area contributed by atoms with E-state index < -0.39 is 10.0 Å². The number of sulfonamides is 1. The Bertz CT molecular complexity index is 870. The fourth-order valence-electron chi connectivity index (χ4n) is 2.79. The molecule has 2 aromatic heterocycles. The van der Waals surface area contributed by atoms with E-state index in [1.54, 1.807) is 15.6 Å². The molecule has 9 nitrogen and oxygen atoms in total. The number of aryl methyl sites for hydroxylation is 2. The molecule has 25 heavy (non-hydrogen) atoms. The lowest BCUT2D eigenvalue weighted by Gasteiger charge is -2.25. The van der Waals surface area contributed by atoms with Crippen molar-refractivity contribution in [3.05, 3.63) is 35.4 Å². The molecule has 0 fully saturated rings. The molecule has 2 aromatic rings. The molecule has 0 radical (unpaired) electrons. The van der Waals surface area contributed by atoms with Crippen molar-refractivity contribution in [1.29, 1.82) is 0 Å². The summed E-state index contributed by atoms with van der Waals surface area (Å²) in [6.07, 6.45) is 3.27. The van der Waals surface area contributed by atoms with Gasteiger partial charge in [-0.3, -0.25) is 14.2 Å². The minimum absolute atomic E-state index is 0.0707. The third-order valence-corrected chi connectivity index (χ3v) is 5.48. The van der Waals surface area contributed by atoms with Gasteiger partial charge in [-0.2, -0.15) is 14.5 Å². The van der Waals surface area contributed by atoms with E-state index >= 15 is 0 Å². The summed E-state index contributed by atoms with van der Waals surface area (Å²) in [5.41, 5.74) is 2.59. The van der Waals surface area contributed by atoms with Gasteiger partial charge in [0, 0.05) is 31.4 Å². The summed E-state index contributed by atoms with van der Waals surface area (Å²) in [5.74, 6) is -0.0707. The number of amides is 1. The van der Waals surface area contributed by atoms with Gasteiger partial charge >= 0.3 is 0 Å². The Labute approximate surface area is 146 Å². The lowest BCUT2D eigenvalue weighted by atomic mass is 10.3. The van der Waals surface area contributed by atoms with E-state index in [1.165, 1.54) is 10.6 Å². The zero-order valence-corrected chi connectivity index (χ0v) is 15.2. The Hall–Kier alpha value is -2.20. The number of hydrogen-bond donors (Lipinski definition) is 1. The summed E-state index contributed by atoms with van der Waals surface area (Å²) in [4.78, 5) is 12.0. The molecule has 1 aliphatic rings. The largest absolute Gasteiger partial charge is 0.350 e. The van der Waals surface area contributed by atoms with Gasteiger partial charge in [0.15, 0.2) is 0 Å². The van der Waals surface area contributed by atoms with Crippen LogP contribution in [0.25, 0.3) is 0 Å². The fourth-order valence-corrected chi connectivity index (χ4v) is 3.57. The smallest absolute Gasteiger partial charge is 0.222 e. The molecule has 1 N–H and O–H groups in total. The second kappa shape index (κ2) is 6.96. The second-order valence-corrected chi connectivity index (χ2v) is 8.15. The molecule has 3 rings (SSSR count). The molecule has 10 heteroatoms. The molecule has 136 valence electrons. The first kappa shape index (κ1) is 17.6. The fraction of sp³-hybridized carbons (Fsp3) is 0.533. The summed E-state index contributed by atoms with van der Waals surface area (Å²) in [7, 11) is -3.20. The highest BCUT2D eigenvalue weighted by molar-refractivity contribution is 7.88. The molecule has 0 aliphatic carbocycles. The summed E-state index contributed by atoms with van der Waals surface area (Å²) in [6, 6.07) is 3.74. The first-order chi connectivity index (χ1) is 11.8. The standard InChI is InChI=1S/C15H22N6O3S/c1-12-3-5-17-20(12)6-4-15(22)16-10-13-9-14-11-19(25(2,23)24)7-8-21(14)18-13/h3,5,9H,4,6-8,10-11H2,1-2H3,(H,16,22). The van der Waals surface area contributed by atoms with Crippen molar-refractivity contribution < 1.29 is 13.2 Å². The number of fused-ring (bicyclic) bond motifs is 1. The molecule has 0 saturated carbocycles. The maximum Gasteiger partial charge on any atom is 0.222 e. The van der Waals surface area contributed by atoms with Crippen molar-refractivity contribution in [1.82, 2.24) is 29.2 Å². The van der Waals surface area contributed by atoms with Gasteiger partial charge in [-0.1, -0.05) is 0 Å². The topological polar surface area (TPSA) is 102 Å². The van der Waals surface area contributed by atoms with Gasteiger partial charge in [0.1, 0.15) is 0 Å². The predicted molar refractivity (Wildman–Crippen MR) is 90.9 cm³/mol. The zero-order valence-electron chi connectivity index (χ0n) is 14.3. The molecule has 1 aliphatic heterocycles. The number of nitrogens with zero attached hydrogens (tertiary/aromatic N) is 5. The number of nitrogens with one attached hydrogen (secondary N) is 1. The van der Waals surface area contributed by atoms with Crippen molar-refractivity contribution in [2.45, 2.75) is 39.5 Å². The van der Waals surface area contributed by atoms with E-state index in [-0.39, 0.29) is 5.91 Å². The van der Waals surface area contributed by atoms with Crippen LogP contribution in [0.2, 0.25) is 0 Å². The van der Waals surface area contributed by atoms with E-state index in [9.17, 15) is 13.2 Å². The highest BCUT2D eigenvalue weighted by Crippen LogP contribution is 2.16. The number of carbonyl (C=O) groups excluding carboxylic acids is 1. The van der Waals surface area contributed by atoms with Crippen LogP contribution in [0.3, 0.4) is 0 Å². The van der Waals surface area contributed by atoms with Gasteiger partial charge in [-0.05, 0) is 19.1 Å². The van der Waals surface area contributed by atoms with Crippen LogP contribution in [0.1, 0.15) is 23.5 Å². The van der Waals surface area contributed by atoms with Gasteiger partial charge in [-0.15, -0.1) is 0 Å². The molecule has 0 bridgehead atoms. The van der Waals surface area contributed by atoms with Crippen molar-refractivity contribution in [3.8, 4) is 0 Å². The number of aromatic nitrogens is 4. The molecule has 1 amide bonds. The minimum Gasteiger partial charge on any atom is -0.350 e. The Morgan fingerprint density at radius 1 is 1.36 bits per heavy atom. The number of carbonyl (C=O) groups is 1. The van der Waals surface area contributed by atoms with Crippen molar-refractivity contribution in [2.24, 2.45) is 0 Å². The lowest BCUT2D eigenvalue weighted by Crippen LogP contribution is -2.37. The highest BCUT2D eigenvalue weighted by Gasteiger charge is 2.24.